The number of hydrogen-bond acceptors (Lipinski definition) is 2. The maximum absolute atomic E-state index is 13.4. The van der Waals surface area contributed by atoms with Gasteiger partial charge in [-0.05, 0) is 25.5 Å². The molecule has 0 aromatic carbocycles. The largest absolute Gasteiger partial charge is 0.314 e. The monoisotopic (exact) mass is 183 g/mol. The highest BCUT2D eigenvalue weighted by molar-refractivity contribution is 5.01. The van der Waals surface area contributed by atoms with Crippen LogP contribution >= 0.6 is 0 Å². The van der Waals surface area contributed by atoms with Crippen LogP contribution in [0.4, 0.5) is 4.39 Å². The first kappa shape index (κ1) is 8.69. The van der Waals surface area contributed by atoms with Crippen molar-refractivity contribution in [2.75, 3.05) is 13.1 Å². The molecule has 2 atom stereocenters. The molecule has 1 N–H and O–H groups in total. The first-order valence-corrected chi connectivity index (χ1v) is 4.63. The third kappa shape index (κ3) is 1.72. The minimum absolute atomic E-state index is 0.0741. The number of alkyl halides is 1. The van der Waals surface area contributed by atoms with Crippen molar-refractivity contribution in [3.05, 3.63) is 18.0 Å². The quantitative estimate of drug-likeness (QED) is 0.705. The SMILES string of the molecule is Cc1cnn(C2CCNCC2F)c1. The van der Waals surface area contributed by atoms with Gasteiger partial charge in [-0.15, -0.1) is 0 Å². The zero-order chi connectivity index (χ0) is 9.26. The lowest BCUT2D eigenvalue weighted by atomic mass is 10.1. The van der Waals surface area contributed by atoms with Crippen LogP contribution in [-0.2, 0) is 0 Å². The second-order valence-electron chi connectivity index (χ2n) is 3.57. The Morgan fingerprint density at radius 3 is 3.15 bits per heavy atom. The van der Waals surface area contributed by atoms with E-state index in [4.69, 9.17) is 0 Å². The third-order valence-electron chi connectivity index (χ3n) is 2.44. The van der Waals surface area contributed by atoms with E-state index in [1.54, 1.807) is 10.9 Å². The Morgan fingerprint density at radius 2 is 2.54 bits per heavy atom. The highest BCUT2D eigenvalue weighted by atomic mass is 19.1. The summed E-state index contributed by atoms with van der Waals surface area (Å²) in [5.41, 5.74) is 1.09. The molecule has 13 heavy (non-hydrogen) atoms. The van der Waals surface area contributed by atoms with Gasteiger partial charge in [-0.1, -0.05) is 0 Å². The average Bonchev–Trinajstić information content (AvgIpc) is 2.53. The Labute approximate surface area is 76.9 Å². The number of nitrogens with zero attached hydrogens (tertiary/aromatic N) is 2. The van der Waals surface area contributed by atoms with Gasteiger partial charge >= 0.3 is 0 Å². The molecule has 1 aromatic rings. The summed E-state index contributed by atoms with van der Waals surface area (Å²) < 4.78 is 15.2. The van der Waals surface area contributed by atoms with Crippen molar-refractivity contribution in [3.8, 4) is 0 Å². The zero-order valence-corrected chi connectivity index (χ0v) is 7.70. The molecule has 4 heteroatoms. The first-order valence-electron chi connectivity index (χ1n) is 4.63. The van der Waals surface area contributed by atoms with Gasteiger partial charge in [0.2, 0.25) is 0 Å². The third-order valence-corrected chi connectivity index (χ3v) is 2.44. The predicted octanol–water partition coefficient (Wildman–Crippen LogP) is 1.06. The van der Waals surface area contributed by atoms with Crippen LogP contribution in [0.1, 0.15) is 18.0 Å². The van der Waals surface area contributed by atoms with E-state index < -0.39 is 6.17 Å². The molecule has 1 aliphatic rings. The van der Waals surface area contributed by atoms with Crippen LogP contribution in [0.15, 0.2) is 12.4 Å². The molecule has 1 saturated heterocycles. The maximum atomic E-state index is 13.4. The van der Waals surface area contributed by atoms with E-state index in [0.717, 1.165) is 18.5 Å². The average molecular weight is 183 g/mol. The number of aryl methyl sites for hydroxylation is 1. The van der Waals surface area contributed by atoms with E-state index in [0.29, 0.717) is 6.54 Å². The molecular formula is C9H14FN3. The molecule has 1 fully saturated rings. The van der Waals surface area contributed by atoms with Gasteiger partial charge in [0.1, 0.15) is 6.17 Å². The van der Waals surface area contributed by atoms with Gasteiger partial charge < -0.3 is 5.32 Å². The molecule has 1 aromatic heterocycles. The number of rotatable bonds is 1. The van der Waals surface area contributed by atoms with Crippen LogP contribution in [0, 0.1) is 6.92 Å². The van der Waals surface area contributed by atoms with E-state index in [1.807, 2.05) is 13.1 Å². The van der Waals surface area contributed by atoms with Gasteiger partial charge in [-0.25, -0.2) is 4.39 Å². The molecule has 72 valence electrons. The number of hydrogen-bond donors (Lipinski definition) is 1. The summed E-state index contributed by atoms with van der Waals surface area (Å²) in [5, 5.41) is 7.16. The smallest absolute Gasteiger partial charge is 0.135 e. The summed E-state index contributed by atoms with van der Waals surface area (Å²) in [6, 6.07) is -0.0741. The van der Waals surface area contributed by atoms with Crippen LogP contribution < -0.4 is 5.32 Å². The van der Waals surface area contributed by atoms with Crippen LogP contribution in [0.2, 0.25) is 0 Å². The molecule has 3 nitrogen and oxygen atoms in total. The molecule has 2 rings (SSSR count). The second kappa shape index (κ2) is 3.46. The summed E-state index contributed by atoms with van der Waals surface area (Å²) in [4.78, 5) is 0. The van der Waals surface area contributed by atoms with Crippen molar-refractivity contribution in [1.29, 1.82) is 0 Å². The van der Waals surface area contributed by atoms with Gasteiger partial charge in [-0.3, -0.25) is 4.68 Å². The molecule has 0 aliphatic carbocycles. The first-order chi connectivity index (χ1) is 6.27. The molecule has 1 aliphatic heterocycles. The van der Waals surface area contributed by atoms with Crippen LogP contribution in [0.25, 0.3) is 0 Å². The van der Waals surface area contributed by atoms with Crippen LogP contribution in [0.3, 0.4) is 0 Å². The molecule has 0 spiro atoms. The Hall–Kier alpha value is -0.900. The molecule has 2 heterocycles. The maximum Gasteiger partial charge on any atom is 0.135 e. The number of piperidine rings is 1. The molecule has 0 saturated carbocycles. The van der Waals surface area contributed by atoms with Crippen molar-refractivity contribution in [1.82, 2.24) is 15.1 Å². The van der Waals surface area contributed by atoms with E-state index in [9.17, 15) is 4.39 Å². The normalized spacial score (nSPS) is 29.1. The lowest BCUT2D eigenvalue weighted by molar-refractivity contribution is 0.173. The Bertz CT molecular complexity index is 284. The van der Waals surface area contributed by atoms with E-state index >= 15 is 0 Å². The van der Waals surface area contributed by atoms with Gasteiger partial charge in [0.25, 0.3) is 0 Å². The van der Waals surface area contributed by atoms with Crippen molar-refractivity contribution in [2.45, 2.75) is 25.6 Å². The van der Waals surface area contributed by atoms with Crippen molar-refractivity contribution in [3.63, 3.8) is 0 Å². The molecular weight excluding hydrogens is 169 g/mol. The number of aromatic nitrogens is 2. The van der Waals surface area contributed by atoms with Gasteiger partial charge in [0.05, 0.1) is 12.2 Å². The standard InChI is InChI=1S/C9H14FN3/c1-7-4-12-13(6-7)9-2-3-11-5-8(9)10/h4,6,8-9,11H,2-3,5H2,1H3. The van der Waals surface area contributed by atoms with Crippen LogP contribution in [0.5, 0.6) is 0 Å². The molecule has 0 amide bonds. The van der Waals surface area contributed by atoms with E-state index in [1.165, 1.54) is 0 Å². The lowest BCUT2D eigenvalue weighted by Crippen LogP contribution is -2.39. The zero-order valence-electron chi connectivity index (χ0n) is 7.70. The highest BCUT2D eigenvalue weighted by Gasteiger charge is 2.26. The van der Waals surface area contributed by atoms with Gasteiger partial charge in [-0.2, -0.15) is 5.10 Å². The summed E-state index contributed by atoms with van der Waals surface area (Å²) >= 11 is 0. The second-order valence-corrected chi connectivity index (χ2v) is 3.57. The van der Waals surface area contributed by atoms with Crippen LogP contribution in [-0.4, -0.2) is 29.0 Å². The summed E-state index contributed by atoms with van der Waals surface area (Å²) in [5.74, 6) is 0. The van der Waals surface area contributed by atoms with Crippen molar-refractivity contribution < 1.29 is 4.39 Å². The molecule has 0 radical (unpaired) electrons. The van der Waals surface area contributed by atoms with Crippen molar-refractivity contribution >= 4 is 0 Å². The Balaban J connectivity index is 2.14. The fourth-order valence-corrected chi connectivity index (χ4v) is 1.72. The Morgan fingerprint density at radius 1 is 1.69 bits per heavy atom. The Kier molecular flexibility index (Phi) is 2.31. The summed E-state index contributed by atoms with van der Waals surface area (Å²) in [6.45, 7) is 3.30. The number of nitrogens with one attached hydrogen (secondary N) is 1. The topological polar surface area (TPSA) is 29.9 Å². The van der Waals surface area contributed by atoms with Crippen molar-refractivity contribution in [2.24, 2.45) is 0 Å². The lowest BCUT2D eigenvalue weighted by Gasteiger charge is -2.26. The number of halogens is 1. The minimum Gasteiger partial charge on any atom is -0.314 e. The minimum atomic E-state index is -0.812. The summed E-state index contributed by atoms with van der Waals surface area (Å²) in [6.07, 6.45) is 3.69. The fourth-order valence-electron chi connectivity index (χ4n) is 1.72. The summed E-state index contributed by atoms with van der Waals surface area (Å²) in [7, 11) is 0. The molecule has 2 unspecified atom stereocenters. The fraction of sp³-hybridized carbons (Fsp3) is 0.667. The van der Waals surface area contributed by atoms with Gasteiger partial charge in [0, 0.05) is 12.7 Å². The van der Waals surface area contributed by atoms with E-state index in [-0.39, 0.29) is 6.04 Å². The molecule has 0 bridgehead atoms. The van der Waals surface area contributed by atoms with E-state index in [2.05, 4.69) is 10.4 Å². The predicted molar refractivity (Wildman–Crippen MR) is 48.4 cm³/mol. The van der Waals surface area contributed by atoms with Gasteiger partial charge in [0.15, 0.2) is 0 Å². The highest BCUT2D eigenvalue weighted by Crippen LogP contribution is 2.20.